The van der Waals surface area contributed by atoms with Crippen molar-refractivity contribution in [1.82, 2.24) is 18.3 Å². The third kappa shape index (κ3) is 5.30. The first-order valence-electron chi connectivity index (χ1n) is 21.5. The minimum atomic E-state index is 1.08. The van der Waals surface area contributed by atoms with Crippen LogP contribution in [0.25, 0.3) is 88.4 Å². The molecule has 0 aliphatic rings. The van der Waals surface area contributed by atoms with Gasteiger partial charge in [0.15, 0.2) is 0 Å². The Morgan fingerprint density at radius 3 is 0.810 bits per heavy atom. The Hall–Kier alpha value is -8.54. The van der Waals surface area contributed by atoms with Gasteiger partial charge in [-0.2, -0.15) is 0 Å². The van der Waals surface area contributed by atoms with Gasteiger partial charge in [-0.05, 0) is 109 Å². The Morgan fingerprint density at radius 2 is 0.476 bits per heavy atom. The van der Waals surface area contributed by atoms with Gasteiger partial charge in [0.1, 0.15) is 11.3 Å². The van der Waals surface area contributed by atoms with Crippen LogP contribution in [0.5, 0.6) is 0 Å². The summed E-state index contributed by atoms with van der Waals surface area (Å²) in [5, 5.41) is 7.50. The van der Waals surface area contributed by atoms with Crippen molar-refractivity contribution >= 4 is 82.7 Å². The molecular formula is C58H39N5. The van der Waals surface area contributed by atoms with Gasteiger partial charge < -0.3 is 4.90 Å². The first kappa shape index (κ1) is 35.2. The molecule has 5 nitrogen and oxygen atoms in total. The van der Waals surface area contributed by atoms with Crippen molar-refractivity contribution < 1.29 is 0 Å². The average Bonchev–Trinajstić information content (AvgIpc) is 4.08. The molecule has 4 aromatic heterocycles. The van der Waals surface area contributed by atoms with E-state index >= 15 is 0 Å². The van der Waals surface area contributed by atoms with Gasteiger partial charge in [0.2, 0.25) is 0 Å². The first-order valence-corrected chi connectivity index (χ1v) is 21.5. The molecule has 0 bridgehead atoms. The standard InChI is InChI=1S/C58H39N5/c1-4-18-40(19-5-1)59(43-32-36-45(37-33-43)62-53-30-16-12-26-49(53)55-47-24-10-14-28-51(47)60(57(55)62)41-20-6-2-7-21-41)44-34-38-46(39-35-44)63-54-31-17-13-27-50(54)56-48-25-11-15-29-52(48)61(58(56)63)42-22-8-3-9-23-42/h1-39H. The lowest BCUT2D eigenvalue weighted by atomic mass is 10.1. The quantitative estimate of drug-likeness (QED) is 0.157. The zero-order chi connectivity index (χ0) is 41.4. The largest absolute Gasteiger partial charge is 0.311 e. The van der Waals surface area contributed by atoms with E-state index in [0.717, 1.165) is 51.1 Å². The molecule has 5 heteroatoms. The van der Waals surface area contributed by atoms with Gasteiger partial charge in [-0.1, -0.05) is 127 Å². The van der Waals surface area contributed by atoms with E-state index in [0.29, 0.717) is 0 Å². The second kappa shape index (κ2) is 14.0. The molecule has 296 valence electrons. The fraction of sp³-hybridized carbons (Fsp3) is 0. The van der Waals surface area contributed by atoms with E-state index in [4.69, 9.17) is 0 Å². The topological polar surface area (TPSA) is 23.0 Å². The highest BCUT2D eigenvalue weighted by Gasteiger charge is 2.24. The van der Waals surface area contributed by atoms with E-state index in [9.17, 15) is 0 Å². The zero-order valence-corrected chi connectivity index (χ0v) is 34.3. The summed E-state index contributed by atoms with van der Waals surface area (Å²) in [6.45, 7) is 0. The Balaban J connectivity index is 0.970. The van der Waals surface area contributed by atoms with Crippen molar-refractivity contribution in [3.63, 3.8) is 0 Å². The Kier molecular flexibility index (Phi) is 7.84. The molecule has 63 heavy (non-hydrogen) atoms. The first-order chi connectivity index (χ1) is 31.3. The zero-order valence-electron chi connectivity index (χ0n) is 34.3. The van der Waals surface area contributed by atoms with E-state index in [2.05, 4.69) is 260 Å². The Labute approximate surface area is 363 Å². The molecule has 13 aromatic rings. The number of hydrogen-bond acceptors (Lipinski definition) is 1. The van der Waals surface area contributed by atoms with E-state index in [1.807, 2.05) is 0 Å². The molecule has 0 atom stereocenters. The van der Waals surface area contributed by atoms with Crippen LogP contribution in [0.15, 0.2) is 237 Å². The Bertz CT molecular complexity index is 3580. The third-order valence-corrected chi connectivity index (χ3v) is 12.7. The summed E-state index contributed by atoms with van der Waals surface area (Å²) in [6.07, 6.45) is 0. The van der Waals surface area contributed by atoms with Crippen LogP contribution in [0.4, 0.5) is 17.1 Å². The maximum atomic E-state index is 2.43. The van der Waals surface area contributed by atoms with Crippen molar-refractivity contribution in [1.29, 1.82) is 0 Å². The van der Waals surface area contributed by atoms with Gasteiger partial charge in [-0.3, -0.25) is 18.3 Å². The SMILES string of the molecule is c1ccc(N(c2ccc(-n3c4ccccc4c4c5ccccc5n(-c5ccccc5)c43)cc2)c2ccc(-n3c4ccccc4c4c5ccccc5n(-c5ccccc5)c43)cc2)cc1. The normalized spacial score (nSPS) is 11.8. The van der Waals surface area contributed by atoms with Crippen molar-refractivity contribution in [2.75, 3.05) is 4.90 Å². The lowest BCUT2D eigenvalue weighted by molar-refractivity contribution is 1.06. The number of nitrogens with zero attached hydrogens (tertiary/aromatic N) is 5. The van der Waals surface area contributed by atoms with E-state index in [-0.39, 0.29) is 0 Å². The minimum Gasteiger partial charge on any atom is -0.311 e. The van der Waals surface area contributed by atoms with E-state index < -0.39 is 0 Å². The predicted molar refractivity (Wildman–Crippen MR) is 263 cm³/mol. The molecule has 9 aromatic carbocycles. The van der Waals surface area contributed by atoms with Crippen LogP contribution in [-0.2, 0) is 0 Å². The van der Waals surface area contributed by atoms with Gasteiger partial charge in [0, 0.05) is 72.1 Å². The second-order valence-electron chi connectivity index (χ2n) is 16.2. The lowest BCUT2D eigenvalue weighted by Gasteiger charge is -2.26. The summed E-state index contributed by atoms with van der Waals surface area (Å²) in [4.78, 5) is 2.35. The fourth-order valence-electron chi connectivity index (χ4n) is 10.1. The molecule has 0 saturated carbocycles. The molecule has 0 unspecified atom stereocenters. The number of fused-ring (bicyclic) bond motifs is 10. The summed E-state index contributed by atoms with van der Waals surface area (Å²) in [6, 6.07) is 85.3. The molecule has 0 saturated heterocycles. The number of para-hydroxylation sites is 7. The highest BCUT2D eigenvalue weighted by atomic mass is 15.2. The number of rotatable bonds is 7. The monoisotopic (exact) mass is 805 g/mol. The summed E-state index contributed by atoms with van der Waals surface area (Å²) >= 11 is 0. The molecule has 0 N–H and O–H groups in total. The molecule has 4 heterocycles. The van der Waals surface area contributed by atoms with Gasteiger partial charge in [0.25, 0.3) is 0 Å². The van der Waals surface area contributed by atoms with Crippen LogP contribution in [0.2, 0.25) is 0 Å². The van der Waals surface area contributed by atoms with Crippen LogP contribution >= 0.6 is 0 Å². The average molecular weight is 806 g/mol. The van der Waals surface area contributed by atoms with Crippen LogP contribution < -0.4 is 4.90 Å². The summed E-state index contributed by atoms with van der Waals surface area (Å²) < 4.78 is 9.69. The predicted octanol–water partition coefficient (Wildman–Crippen LogP) is 15.2. The third-order valence-electron chi connectivity index (χ3n) is 12.7. The number of anilines is 3. The van der Waals surface area contributed by atoms with Crippen LogP contribution in [0.3, 0.4) is 0 Å². The van der Waals surface area contributed by atoms with E-state index in [1.54, 1.807) is 0 Å². The second-order valence-corrected chi connectivity index (χ2v) is 16.2. The highest BCUT2D eigenvalue weighted by molar-refractivity contribution is 6.23. The van der Waals surface area contributed by atoms with Gasteiger partial charge >= 0.3 is 0 Å². The Morgan fingerprint density at radius 1 is 0.222 bits per heavy atom. The van der Waals surface area contributed by atoms with E-state index in [1.165, 1.54) is 54.4 Å². The number of aromatic nitrogens is 4. The van der Waals surface area contributed by atoms with Crippen molar-refractivity contribution in [3.05, 3.63) is 237 Å². The van der Waals surface area contributed by atoms with Crippen LogP contribution in [0, 0.1) is 0 Å². The molecule has 0 radical (unpaired) electrons. The fourth-order valence-corrected chi connectivity index (χ4v) is 10.1. The van der Waals surface area contributed by atoms with Gasteiger partial charge in [-0.15, -0.1) is 0 Å². The molecular weight excluding hydrogens is 767 g/mol. The maximum Gasteiger partial charge on any atom is 0.131 e. The van der Waals surface area contributed by atoms with Gasteiger partial charge in [0.05, 0.1) is 22.1 Å². The molecule has 13 rings (SSSR count). The summed E-state index contributed by atoms with van der Waals surface area (Å²) in [5.41, 5.74) is 14.8. The number of benzene rings is 9. The molecule has 0 fully saturated rings. The maximum absolute atomic E-state index is 2.43. The smallest absolute Gasteiger partial charge is 0.131 e. The molecule has 0 aliphatic heterocycles. The van der Waals surface area contributed by atoms with Crippen molar-refractivity contribution in [3.8, 4) is 22.7 Å². The molecule has 0 amide bonds. The summed E-state index contributed by atoms with van der Waals surface area (Å²) in [5.74, 6) is 0. The number of hydrogen-bond donors (Lipinski definition) is 0. The van der Waals surface area contributed by atoms with Crippen LogP contribution in [0.1, 0.15) is 0 Å². The molecule has 0 spiro atoms. The van der Waals surface area contributed by atoms with Crippen molar-refractivity contribution in [2.45, 2.75) is 0 Å². The van der Waals surface area contributed by atoms with Crippen LogP contribution in [-0.4, -0.2) is 18.3 Å². The van der Waals surface area contributed by atoms with Gasteiger partial charge in [-0.25, -0.2) is 0 Å². The van der Waals surface area contributed by atoms with Crippen molar-refractivity contribution in [2.24, 2.45) is 0 Å². The molecule has 0 aliphatic carbocycles. The highest BCUT2D eigenvalue weighted by Crippen LogP contribution is 2.44. The summed E-state index contributed by atoms with van der Waals surface area (Å²) in [7, 11) is 0. The minimum absolute atomic E-state index is 1.08. The lowest BCUT2D eigenvalue weighted by Crippen LogP contribution is -2.10.